The average Bonchev–Trinajstić information content (AvgIpc) is 3.12. The zero-order chi connectivity index (χ0) is 16.9. The molecule has 0 radical (unpaired) electrons. The lowest BCUT2D eigenvalue weighted by molar-refractivity contribution is 0.0954. The molecule has 0 saturated heterocycles. The van der Waals surface area contributed by atoms with E-state index < -0.39 is 0 Å². The molecule has 0 fully saturated rings. The lowest BCUT2D eigenvalue weighted by Gasteiger charge is -2.10. The highest BCUT2D eigenvalue weighted by molar-refractivity contribution is 6.36. The van der Waals surface area contributed by atoms with Crippen LogP contribution in [0.4, 0.5) is 0 Å². The lowest BCUT2D eigenvalue weighted by Crippen LogP contribution is -2.26. The van der Waals surface area contributed by atoms with Gasteiger partial charge >= 0.3 is 0 Å². The van der Waals surface area contributed by atoms with Gasteiger partial charge in [0, 0.05) is 22.2 Å². The molecule has 8 heteroatoms. The fraction of sp³-hybridized carbons (Fsp3) is 0.125. The van der Waals surface area contributed by atoms with Crippen LogP contribution in [0.5, 0.6) is 0 Å². The second kappa shape index (κ2) is 7.42. The molecule has 1 aromatic heterocycles. The summed E-state index contributed by atoms with van der Waals surface area (Å²) in [6, 6.07) is 12.4. The van der Waals surface area contributed by atoms with Gasteiger partial charge < -0.3 is 5.32 Å². The van der Waals surface area contributed by atoms with E-state index >= 15 is 0 Å². The van der Waals surface area contributed by atoms with E-state index in [0.717, 1.165) is 5.56 Å². The smallest absolute Gasteiger partial charge is 0.252 e. The number of aromatic amines is 1. The maximum Gasteiger partial charge on any atom is 0.252 e. The first-order valence-electron chi connectivity index (χ1n) is 7.20. The van der Waals surface area contributed by atoms with Gasteiger partial charge in [-0.2, -0.15) is 5.21 Å². The number of hydrogen-bond acceptors (Lipinski definition) is 4. The number of carbonyl (C=O) groups excluding carboxylic acids is 1. The van der Waals surface area contributed by atoms with Crippen molar-refractivity contribution < 1.29 is 4.79 Å². The standard InChI is InChI=1S/C16H13Cl2N5O/c17-13-6-3-7-14(18)12(13)8-9-19-16(24)11-5-2-1-4-10(11)15-20-22-23-21-15/h1-7H,8-9H2,(H,19,24)(H,20,21,22,23). The molecule has 3 rings (SSSR count). The first kappa shape index (κ1) is 16.4. The summed E-state index contributed by atoms with van der Waals surface area (Å²) in [4.78, 5) is 12.5. The van der Waals surface area contributed by atoms with Gasteiger partial charge in [0.25, 0.3) is 5.91 Å². The highest BCUT2D eigenvalue weighted by Gasteiger charge is 2.15. The second-order valence-corrected chi connectivity index (χ2v) is 5.80. The number of rotatable bonds is 5. The van der Waals surface area contributed by atoms with Gasteiger partial charge in [0.15, 0.2) is 0 Å². The normalized spacial score (nSPS) is 10.6. The molecule has 0 atom stereocenters. The van der Waals surface area contributed by atoms with Gasteiger partial charge in [-0.05, 0) is 35.4 Å². The molecule has 2 N–H and O–H groups in total. The van der Waals surface area contributed by atoms with Crippen molar-refractivity contribution in [2.75, 3.05) is 6.54 Å². The predicted molar refractivity (Wildman–Crippen MR) is 92.1 cm³/mol. The molecule has 0 aliphatic rings. The maximum atomic E-state index is 12.5. The largest absolute Gasteiger partial charge is 0.352 e. The Morgan fingerprint density at radius 1 is 1.08 bits per heavy atom. The third-order valence-corrected chi connectivity index (χ3v) is 4.19. The molecule has 1 amide bonds. The summed E-state index contributed by atoms with van der Waals surface area (Å²) in [5.74, 6) is 0.147. The van der Waals surface area contributed by atoms with E-state index in [0.29, 0.717) is 40.0 Å². The van der Waals surface area contributed by atoms with Crippen LogP contribution in [0.1, 0.15) is 15.9 Å². The molecule has 122 valence electrons. The minimum atomic E-state index is -0.224. The highest BCUT2D eigenvalue weighted by atomic mass is 35.5. The van der Waals surface area contributed by atoms with Gasteiger partial charge in [-0.25, -0.2) is 0 Å². The number of nitrogens with zero attached hydrogens (tertiary/aromatic N) is 3. The molecule has 24 heavy (non-hydrogen) atoms. The van der Waals surface area contributed by atoms with Crippen molar-refractivity contribution in [3.63, 3.8) is 0 Å². The third-order valence-electron chi connectivity index (χ3n) is 3.48. The summed E-state index contributed by atoms with van der Waals surface area (Å²) in [6.45, 7) is 0.406. The minimum Gasteiger partial charge on any atom is -0.352 e. The molecular weight excluding hydrogens is 349 g/mol. The summed E-state index contributed by atoms with van der Waals surface area (Å²) in [5.41, 5.74) is 1.90. The molecular formula is C16H13Cl2N5O. The summed E-state index contributed by atoms with van der Waals surface area (Å²) >= 11 is 12.3. The van der Waals surface area contributed by atoms with E-state index in [1.165, 1.54) is 0 Å². The van der Waals surface area contributed by atoms with Crippen LogP contribution in [0.15, 0.2) is 42.5 Å². The number of halogens is 2. The zero-order valence-corrected chi connectivity index (χ0v) is 14.0. The fourth-order valence-electron chi connectivity index (χ4n) is 2.32. The maximum absolute atomic E-state index is 12.5. The molecule has 2 aromatic carbocycles. The number of nitrogens with one attached hydrogen (secondary N) is 2. The molecule has 0 unspecified atom stereocenters. The van der Waals surface area contributed by atoms with Gasteiger partial charge in [0.2, 0.25) is 5.82 Å². The van der Waals surface area contributed by atoms with Crippen LogP contribution >= 0.6 is 23.2 Å². The van der Waals surface area contributed by atoms with E-state index in [4.69, 9.17) is 23.2 Å². The number of benzene rings is 2. The third kappa shape index (κ3) is 3.55. The van der Waals surface area contributed by atoms with Crippen molar-refractivity contribution in [1.29, 1.82) is 0 Å². The molecule has 6 nitrogen and oxygen atoms in total. The minimum absolute atomic E-state index is 0.224. The molecule has 0 aliphatic carbocycles. The van der Waals surface area contributed by atoms with Gasteiger partial charge in [0.05, 0.1) is 5.56 Å². The quantitative estimate of drug-likeness (QED) is 0.730. The van der Waals surface area contributed by atoms with Crippen LogP contribution in [0.25, 0.3) is 11.4 Å². The summed E-state index contributed by atoms with van der Waals surface area (Å²) in [5, 5.41) is 17.8. The molecule has 3 aromatic rings. The van der Waals surface area contributed by atoms with Crippen LogP contribution < -0.4 is 5.32 Å². The number of amides is 1. The van der Waals surface area contributed by atoms with Gasteiger partial charge in [-0.1, -0.05) is 47.5 Å². The monoisotopic (exact) mass is 361 g/mol. The van der Waals surface area contributed by atoms with E-state index in [1.54, 1.807) is 36.4 Å². The van der Waals surface area contributed by atoms with Gasteiger partial charge in [0.1, 0.15) is 0 Å². The Hall–Kier alpha value is -2.44. The van der Waals surface area contributed by atoms with E-state index in [9.17, 15) is 4.79 Å². The van der Waals surface area contributed by atoms with E-state index in [2.05, 4.69) is 25.9 Å². The van der Waals surface area contributed by atoms with Crippen molar-refractivity contribution in [2.45, 2.75) is 6.42 Å². The summed E-state index contributed by atoms with van der Waals surface area (Å²) < 4.78 is 0. The Bertz CT molecular complexity index is 831. The summed E-state index contributed by atoms with van der Waals surface area (Å²) in [6.07, 6.45) is 0.536. The first-order chi connectivity index (χ1) is 11.7. The molecule has 1 heterocycles. The Morgan fingerprint density at radius 3 is 2.54 bits per heavy atom. The first-order valence-corrected chi connectivity index (χ1v) is 7.96. The Kier molecular flexibility index (Phi) is 5.08. The SMILES string of the molecule is O=C(NCCc1c(Cl)cccc1Cl)c1ccccc1-c1nn[nH]n1. The zero-order valence-electron chi connectivity index (χ0n) is 12.5. The number of aromatic nitrogens is 4. The number of carbonyl (C=O) groups is 1. The lowest BCUT2D eigenvalue weighted by atomic mass is 10.1. The van der Waals surface area contributed by atoms with Crippen LogP contribution in [0, 0.1) is 0 Å². The van der Waals surface area contributed by atoms with Crippen LogP contribution in [0.2, 0.25) is 10.0 Å². The van der Waals surface area contributed by atoms with Crippen LogP contribution in [0.3, 0.4) is 0 Å². The van der Waals surface area contributed by atoms with Crippen molar-refractivity contribution in [3.05, 3.63) is 63.6 Å². The number of hydrogen-bond donors (Lipinski definition) is 2. The van der Waals surface area contributed by atoms with Gasteiger partial charge in [-0.15, -0.1) is 10.2 Å². The van der Waals surface area contributed by atoms with Crippen LogP contribution in [-0.4, -0.2) is 33.1 Å². The van der Waals surface area contributed by atoms with E-state index in [1.807, 2.05) is 6.07 Å². The molecule has 0 aliphatic heterocycles. The fourth-order valence-corrected chi connectivity index (χ4v) is 2.91. The predicted octanol–water partition coefficient (Wildman–Crippen LogP) is 3.15. The molecule has 0 bridgehead atoms. The molecule has 0 saturated carbocycles. The summed E-state index contributed by atoms with van der Waals surface area (Å²) in [7, 11) is 0. The average molecular weight is 362 g/mol. The van der Waals surface area contributed by atoms with Crippen LogP contribution in [-0.2, 0) is 6.42 Å². The van der Waals surface area contributed by atoms with Crippen molar-refractivity contribution in [1.82, 2.24) is 25.9 Å². The second-order valence-electron chi connectivity index (χ2n) is 4.99. The Balaban J connectivity index is 1.70. The Labute approximate surface area is 148 Å². The van der Waals surface area contributed by atoms with Crippen molar-refractivity contribution in [3.8, 4) is 11.4 Å². The van der Waals surface area contributed by atoms with Crippen molar-refractivity contribution >= 4 is 29.1 Å². The number of H-pyrrole nitrogens is 1. The number of tetrazole rings is 1. The Morgan fingerprint density at radius 2 is 1.83 bits per heavy atom. The van der Waals surface area contributed by atoms with Gasteiger partial charge in [-0.3, -0.25) is 4.79 Å². The topological polar surface area (TPSA) is 83.6 Å². The van der Waals surface area contributed by atoms with Crippen molar-refractivity contribution in [2.24, 2.45) is 0 Å². The molecule has 0 spiro atoms. The van der Waals surface area contributed by atoms with E-state index in [-0.39, 0.29) is 5.91 Å². The highest BCUT2D eigenvalue weighted by Crippen LogP contribution is 2.24.